The third kappa shape index (κ3) is 2.52. The van der Waals surface area contributed by atoms with E-state index < -0.39 is 0 Å². The van der Waals surface area contributed by atoms with Crippen molar-refractivity contribution in [2.75, 3.05) is 6.54 Å². The maximum Gasteiger partial charge on any atom is 0.274 e. The van der Waals surface area contributed by atoms with E-state index in [-0.39, 0.29) is 11.9 Å². The van der Waals surface area contributed by atoms with Gasteiger partial charge >= 0.3 is 0 Å². The first-order valence-corrected chi connectivity index (χ1v) is 7.81. The second kappa shape index (κ2) is 5.76. The Kier molecular flexibility index (Phi) is 3.95. The Balaban J connectivity index is 1.88. The topological polar surface area (TPSA) is 64.2 Å². The fourth-order valence-electron chi connectivity index (χ4n) is 2.83. The maximum atomic E-state index is 12.8. The molecule has 0 aromatic carbocycles. The van der Waals surface area contributed by atoms with E-state index in [0.29, 0.717) is 23.2 Å². The number of likely N-dealkylation sites (tertiary alicyclic amines) is 1. The number of halogens is 1. The van der Waals surface area contributed by atoms with Crippen molar-refractivity contribution in [3.63, 3.8) is 0 Å². The van der Waals surface area contributed by atoms with Gasteiger partial charge in [0.05, 0.1) is 23.0 Å². The molecule has 0 bridgehead atoms. The van der Waals surface area contributed by atoms with Crippen molar-refractivity contribution in [2.45, 2.75) is 38.6 Å². The predicted molar refractivity (Wildman–Crippen MR) is 81.8 cm³/mol. The molecular formula is C15H19ClN4O2. The number of carbonyl (C=O) groups excluding carboxylic acids is 1. The van der Waals surface area contributed by atoms with Gasteiger partial charge in [-0.3, -0.25) is 9.48 Å². The molecule has 6 nitrogen and oxygen atoms in total. The van der Waals surface area contributed by atoms with Gasteiger partial charge in [0.15, 0.2) is 5.76 Å². The quantitative estimate of drug-likeness (QED) is 0.870. The second-order valence-corrected chi connectivity index (χ2v) is 6.34. The first-order valence-electron chi connectivity index (χ1n) is 7.44. The summed E-state index contributed by atoms with van der Waals surface area (Å²) < 4.78 is 6.98. The Hall–Kier alpha value is -1.82. The van der Waals surface area contributed by atoms with Crippen LogP contribution in [0, 0.1) is 0 Å². The van der Waals surface area contributed by atoms with Crippen LogP contribution in [0.4, 0.5) is 0 Å². The van der Waals surface area contributed by atoms with E-state index in [9.17, 15) is 4.79 Å². The van der Waals surface area contributed by atoms with E-state index in [2.05, 4.69) is 24.1 Å². The maximum absolute atomic E-state index is 12.8. The third-order valence-corrected chi connectivity index (χ3v) is 4.35. The molecule has 2 aromatic rings. The first kappa shape index (κ1) is 15.1. The number of aryl methyl sites for hydroxylation is 1. The van der Waals surface area contributed by atoms with Gasteiger partial charge in [-0.25, -0.2) is 0 Å². The van der Waals surface area contributed by atoms with Gasteiger partial charge in [0.2, 0.25) is 0 Å². The monoisotopic (exact) mass is 322 g/mol. The normalized spacial score (nSPS) is 18.4. The van der Waals surface area contributed by atoms with Crippen LogP contribution in [0.15, 0.2) is 16.8 Å². The fraction of sp³-hybridized carbons (Fsp3) is 0.533. The van der Waals surface area contributed by atoms with Crippen LogP contribution in [0.25, 0.3) is 0 Å². The summed E-state index contributed by atoms with van der Waals surface area (Å²) in [6.07, 6.45) is 3.29. The molecule has 1 atom stereocenters. The molecule has 1 aliphatic rings. The third-order valence-electron chi connectivity index (χ3n) is 4.08. The summed E-state index contributed by atoms with van der Waals surface area (Å²) in [7, 11) is 1.72. The summed E-state index contributed by atoms with van der Waals surface area (Å²) in [5.74, 6) is 0.928. The van der Waals surface area contributed by atoms with Crippen molar-refractivity contribution in [2.24, 2.45) is 7.05 Å². The summed E-state index contributed by atoms with van der Waals surface area (Å²) in [6, 6.07) is 1.87. The van der Waals surface area contributed by atoms with Gasteiger partial charge in [-0.2, -0.15) is 5.10 Å². The van der Waals surface area contributed by atoms with Gasteiger partial charge in [-0.05, 0) is 18.8 Å². The minimum absolute atomic E-state index is 0.0848. The van der Waals surface area contributed by atoms with Gasteiger partial charge < -0.3 is 9.42 Å². The molecule has 3 rings (SSSR count). The summed E-state index contributed by atoms with van der Waals surface area (Å²) in [4.78, 5) is 14.6. The van der Waals surface area contributed by atoms with Gasteiger partial charge in [0, 0.05) is 19.7 Å². The number of aromatic nitrogens is 3. The van der Waals surface area contributed by atoms with E-state index in [4.69, 9.17) is 16.1 Å². The van der Waals surface area contributed by atoms with Crippen LogP contribution >= 0.6 is 11.6 Å². The van der Waals surface area contributed by atoms with Crippen molar-refractivity contribution in [3.8, 4) is 0 Å². The molecule has 0 radical (unpaired) electrons. The van der Waals surface area contributed by atoms with E-state index in [1.807, 2.05) is 6.07 Å². The molecule has 0 saturated carbocycles. The number of nitrogens with zero attached hydrogens (tertiary/aromatic N) is 4. The fourth-order valence-corrected chi connectivity index (χ4v) is 3.07. The molecule has 3 heterocycles. The molecule has 0 N–H and O–H groups in total. The minimum Gasteiger partial charge on any atom is -0.359 e. The van der Waals surface area contributed by atoms with Crippen molar-refractivity contribution in [1.29, 1.82) is 0 Å². The number of rotatable bonds is 3. The molecule has 0 spiro atoms. The lowest BCUT2D eigenvalue weighted by atomic mass is 10.1. The zero-order valence-electron chi connectivity index (χ0n) is 12.9. The summed E-state index contributed by atoms with van der Waals surface area (Å²) in [5.41, 5.74) is 1.32. The highest BCUT2D eigenvalue weighted by Gasteiger charge is 2.35. The zero-order valence-corrected chi connectivity index (χ0v) is 13.7. The number of hydrogen-bond donors (Lipinski definition) is 0. The van der Waals surface area contributed by atoms with Crippen molar-refractivity contribution < 1.29 is 9.32 Å². The molecule has 0 aliphatic carbocycles. The Bertz CT molecular complexity index is 672. The van der Waals surface area contributed by atoms with E-state index >= 15 is 0 Å². The van der Waals surface area contributed by atoms with E-state index in [1.165, 1.54) is 10.9 Å². The average molecular weight is 323 g/mol. The van der Waals surface area contributed by atoms with Gasteiger partial charge in [-0.15, -0.1) is 0 Å². The highest BCUT2D eigenvalue weighted by Crippen LogP contribution is 2.35. The molecule has 22 heavy (non-hydrogen) atoms. The highest BCUT2D eigenvalue weighted by molar-refractivity contribution is 6.33. The molecule has 2 aromatic heterocycles. The summed E-state index contributed by atoms with van der Waals surface area (Å²) >= 11 is 6.09. The Morgan fingerprint density at radius 2 is 2.27 bits per heavy atom. The summed E-state index contributed by atoms with van der Waals surface area (Å²) in [5, 5.41) is 8.50. The Morgan fingerprint density at radius 1 is 1.50 bits per heavy atom. The smallest absolute Gasteiger partial charge is 0.274 e. The largest absolute Gasteiger partial charge is 0.359 e. The van der Waals surface area contributed by atoms with Crippen molar-refractivity contribution in [3.05, 3.63) is 34.4 Å². The number of hydrogen-bond acceptors (Lipinski definition) is 4. The lowest BCUT2D eigenvalue weighted by Crippen LogP contribution is -2.32. The molecule has 1 aliphatic heterocycles. The second-order valence-electron chi connectivity index (χ2n) is 5.93. The predicted octanol–water partition coefficient (Wildman–Crippen LogP) is 3.16. The molecule has 1 amide bonds. The van der Waals surface area contributed by atoms with Crippen LogP contribution < -0.4 is 0 Å². The van der Waals surface area contributed by atoms with Crippen molar-refractivity contribution in [1.82, 2.24) is 19.8 Å². The molecule has 1 fully saturated rings. The summed E-state index contributed by atoms with van der Waals surface area (Å²) in [6.45, 7) is 4.81. The molecule has 7 heteroatoms. The van der Waals surface area contributed by atoms with Crippen LogP contribution in [0.1, 0.15) is 60.6 Å². The Labute approximate surface area is 134 Å². The van der Waals surface area contributed by atoms with Crippen LogP contribution in [-0.2, 0) is 7.05 Å². The molecule has 1 saturated heterocycles. The Morgan fingerprint density at radius 3 is 2.86 bits per heavy atom. The first-order chi connectivity index (χ1) is 10.5. The van der Waals surface area contributed by atoms with Crippen LogP contribution in [0.3, 0.4) is 0 Å². The van der Waals surface area contributed by atoms with Gasteiger partial charge in [-0.1, -0.05) is 30.6 Å². The molecule has 1 unspecified atom stereocenters. The lowest BCUT2D eigenvalue weighted by Gasteiger charge is -2.22. The lowest BCUT2D eigenvalue weighted by molar-refractivity contribution is 0.0703. The SMILES string of the molecule is CC(C)c1cc(C2CCCN2C(=O)c2c(Cl)cnn2C)on1. The number of carbonyl (C=O) groups is 1. The molecular weight excluding hydrogens is 304 g/mol. The van der Waals surface area contributed by atoms with Gasteiger partial charge in [0.25, 0.3) is 5.91 Å². The van der Waals surface area contributed by atoms with Crippen molar-refractivity contribution >= 4 is 17.5 Å². The molecule has 118 valence electrons. The highest BCUT2D eigenvalue weighted by atomic mass is 35.5. The van der Waals surface area contributed by atoms with Crippen LogP contribution in [-0.4, -0.2) is 32.3 Å². The average Bonchev–Trinajstić information content (AvgIpc) is 3.17. The van der Waals surface area contributed by atoms with E-state index in [0.717, 1.165) is 24.3 Å². The standard InChI is InChI=1S/C15H19ClN4O2/c1-9(2)11-7-13(22-18-11)12-5-4-6-20(12)15(21)14-10(16)8-17-19(14)3/h7-9,12H,4-6H2,1-3H3. The van der Waals surface area contributed by atoms with E-state index in [1.54, 1.807) is 11.9 Å². The zero-order chi connectivity index (χ0) is 15.9. The van der Waals surface area contributed by atoms with Crippen LogP contribution in [0.2, 0.25) is 5.02 Å². The van der Waals surface area contributed by atoms with Gasteiger partial charge in [0.1, 0.15) is 5.69 Å². The number of amides is 1. The van der Waals surface area contributed by atoms with Crippen LogP contribution in [0.5, 0.6) is 0 Å². The minimum atomic E-state index is -0.116.